The van der Waals surface area contributed by atoms with Crippen LogP contribution in [0.15, 0.2) is 27.9 Å². The van der Waals surface area contributed by atoms with E-state index in [2.05, 4.69) is 4.98 Å². The Morgan fingerprint density at radius 1 is 1.29 bits per heavy atom. The SMILES string of the molecule is CCn1c(N2CCC[C@@H](N)C2)c(C(=O)NCC(F)(F)F)c2c1c(=O)n(Cc1ncccc1C#N)c(=O)n2C. The molecule has 0 aliphatic carbocycles. The fraction of sp³-hybridized carbons (Fsp3) is 0.458. The molecule has 11 nitrogen and oxygen atoms in total. The van der Waals surface area contributed by atoms with Crippen molar-refractivity contribution in [1.29, 1.82) is 5.26 Å². The van der Waals surface area contributed by atoms with Gasteiger partial charge in [0.15, 0.2) is 0 Å². The summed E-state index contributed by atoms with van der Waals surface area (Å²) in [6, 6.07) is 4.79. The molecule has 14 heteroatoms. The van der Waals surface area contributed by atoms with Crippen molar-refractivity contribution >= 4 is 22.8 Å². The third-order valence-corrected chi connectivity index (χ3v) is 6.58. The van der Waals surface area contributed by atoms with Crippen LogP contribution in [0, 0.1) is 11.3 Å². The molecule has 1 amide bonds. The van der Waals surface area contributed by atoms with Gasteiger partial charge in [-0.15, -0.1) is 0 Å². The summed E-state index contributed by atoms with van der Waals surface area (Å²) in [6.07, 6.45) is -1.82. The molecule has 0 aromatic carbocycles. The number of fused-ring (bicyclic) bond motifs is 1. The van der Waals surface area contributed by atoms with Crippen molar-refractivity contribution in [1.82, 2.24) is 24.0 Å². The standard InChI is InChI=1S/C24H27F3N8O3/c1-3-34-19-18(32(2)23(38)35(22(19)37)12-16-14(10-28)6-4-8-30-16)17(20(36)31-13-24(25,26)27)21(34)33-9-5-7-15(29)11-33/h4,6,8,15H,3,5,7,9,11-13,29H2,1-2H3,(H,31,36)/t15-/m1/s1. The number of aryl methyl sites for hydroxylation is 2. The summed E-state index contributed by atoms with van der Waals surface area (Å²) in [5.74, 6) is -0.824. The number of pyridine rings is 1. The Morgan fingerprint density at radius 2 is 2.03 bits per heavy atom. The zero-order chi connectivity index (χ0) is 27.8. The molecule has 38 heavy (non-hydrogen) atoms. The second kappa shape index (κ2) is 10.3. The van der Waals surface area contributed by atoms with Gasteiger partial charge < -0.3 is 20.5 Å². The number of amides is 1. The van der Waals surface area contributed by atoms with Gasteiger partial charge in [-0.3, -0.25) is 23.7 Å². The van der Waals surface area contributed by atoms with E-state index in [1.807, 2.05) is 11.4 Å². The largest absolute Gasteiger partial charge is 0.405 e. The molecule has 0 saturated carbocycles. The highest BCUT2D eigenvalue weighted by molar-refractivity contribution is 6.11. The van der Waals surface area contributed by atoms with Crippen LogP contribution >= 0.6 is 0 Å². The highest BCUT2D eigenvalue weighted by Gasteiger charge is 2.34. The first-order valence-corrected chi connectivity index (χ1v) is 12.0. The number of nitrogens with two attached hydrogens (primary N) is 1. The number of piperidine rings is 1. The van der Waals surface area contributed by atoms with Crippen LogP contribution in [-0.2, 0) is 20.1 Å². The maximum atomic E-state index is 13.8. The number of carbonyl (C=O) groups is 1. The number of hydrogen-bond donors (Lipinski definition) is 2. The topological polar surface area (TPSA) is 144 Å². The Balaban J connectivity index is 2.01. The molecular weight excluding hydrogens is 505 g/mol. The summed E-state index contributed by atoms with van der Waals surface area (Å²) in [5, 5.41) is 11.3. The third kappa shape index (κ3) is 4.89. The van der Waals surface area contributed by atoms with E-state index in [0.29, 0.717) is 19.5 Å². The van der Waals surface area contributed by atoms with E-state index >= 15 is 0 Å². The zero-order valence-corrected chi connectivity index (χ0v) is 20.9. The number of anilines is 1. The minimum absolute atomic E-state index is 0.0182. The Bertz CT molecular complexity index is 1550. The van der Waals surface area contributed by atoms with Crippen molar-refractivity contribution in [2.75, 3.05) is 24.5 Å². The van der Waals surface area contributed by atoms with Crippen LogP contribution in [0.2, 0.25) is 0 Å². The van der Waals surface area contributed by atoms with Gasteiger partial charge in [-0.25, -0.2) is 4.79 Å². The second-order valence-corrected chi connectivity index (χ2v) is 9.13. The van der Waals surface area contributed by atoms with E-state index in [9.17, 15) is 32.8 Å². The number of nitrogens with zero attached hydrogens (tertiary/aromatic N) is 6. The van der Waals surface area contributed by atoms with Gasteiger partial charge in [-0.1, -0.05) is 0 Å². The lowest BCUT2D eigenvalue weighted by Crippen LogP contribution is -2.44. The van der Waals surface area contributed by atoms with Crippen molar-refractivity contribution in [3.8, 4) is 6.07 Å². The summed E-state index contributed by atoms with van der Waals surface area (Å²) in [5.41, 5.74) is 4.69. The normalized spacial score (nSPS) is 16.0. The van der Waals surface area contributed by atoms with E-state index in [1.54, 1.807) is 17.9 Å². The van der Waals surface area contributed by atoms with E-state index in [4.69, 9.17) is 5.73 Å². The number of carbonyl (C=O) groups excluding carboxylic acids is 1. The Kier molecular flexibility index (Phi) is 7.32. The Hall–Kier alpha value is -4.12. The molecule has 1 aliphatic rings. The fourth-order valence-electron chi connectivity index (χ4n) is 4.90. The van der Waals surface area contributed by atoms with Gasteiger partial charge in [0, 0.05) is 38.9 Å². The van der Waals surface area contributed by atoms with Gasteiger partial charge in [0.2, 0.25) is 0 Å². The van der Waals surface area contributed by atoms with Gasteiger partial charge >= 0.3 is 11.9 Å². The highest BCUT2D eigenvalue weighted by Crippen LogP contribution is 2.33. The van der Waals surface area contributed by atoms with Crippen molar-refractivity contribution in [3.63, 3.8) is 0 Å². The predicted molar refractivity (Wildman–Crippen MR) is 133 cm³/mol. The van der Waals surface area contributed by atoms with Crippen LogP contribution in [-0.4, -0.2) is 56.4 Å². The van der Waals surface area contributed by atoms with Crippen molar-refractivity contribution in [2.45, 2.75) is 45.1 Å². The van der Waals surface area contributed by atoms with Gasteiger partial charge in [0.05, 0.1) is 23.3 Å². The first-order chi connectivity index (χ1) is 18.0. The predicted octanol–water partition coefficient (Wildman–Crippen LogP) is 1.06. The average molecular weight is 533 g/mol. The first kappa shape index (κ1) is 26.9. The highest BCUT2D eigenvalue weighted by atomic mass is 19.4. The molecule has 1 saturated heterocycles. The van der Waals surface area contributed by atoms with E-state index in [1.165, 1.54) is 23.9 Å². The van der Waals surface area contributed by atoms with Crippen molar-refractivity contribution in [2.24, 2.45) is 12.8 Å². The summed E-state index contributed by atoms with van der Waals surface area (Å²) >= 11 is 0. The molecule has 1 aliphatic heterocycles. The maximum absolute atomic E-state index is 13.8. The molecule has 1 fully saturated rings. The van der Waals surface area contributed by atoms with Crippen LogP contribution in [0.4, 0.5) is 19.0 Å². The van der Waals surface area contributed by atoms with E-state index in [0.717, 1.165) is 15.6 Å². The summed E-state index contributed by atoms with van der Waals surface area (Å²) in [6.45, 7) is 0.809. The Morgan fingerprint density at radius 3 is 2.66 bits per heavy atom. The minimum Gasteiger partial charge on any atom is -0.356 e. The first-order valence-electron chi connectivity index (χ1n) is 12.0. The van der Waals surface area contributed by atoms with Gasteiger partial charge in [-0.2, -0.15) is 18.4 Å². The minimum atomic E-state index is -4.66. The third-order valence-electron chi connectivity index (χ3n) is 6.58. The monoisotopic (exact) mass is 532 g/mol. The number of alkyl halides is 3. The summed E-state index contributed by atoms with van der Waals surface area (Å²) in [7, 11) is 1.34. The van der Waals surface area contributed by atoms with Crippen LogP contribution in [0.25, 0.3) is 11.0 Å². The number of aromatic nitrogens is 4. The van der Waals surface area contributed by atoms with Crippen molar-refractivity contribution < 1.29 is 18.0 Å². The second-order valence-electron chi connectivity index (χ2n) is 9.13. The van der Waals surface area contributed by atoms with Gasteiger partial charge in [-0.05, 0) is 31.9 Å². The van der Waals surface area contributed by atoms with Crippen molar-refractivity contribution in [3.05, 3.63) is 56.0 Å². The van der Waals surface area contributed by atoms with Gasteiger partial charge in [0.25, 0.3) is 11.5 Å². The summed E-state index contributed by atoms with van der Waals surface area (Å²) in [4.78, 5) is 46.4. The Labute approximate surface area is 214 Å². The average Bonchev–Trinajstić information content (AvgIpc) is 3.24. The lowest BCUT2D eigenvalue weighted by molar-refractivity contribution is -0.123. The van der Waals surface area contributed by atoms with Crippen LogP contribution in [0.1, 0.15) is 41.4 Å². The zero-order valence-electron chi connectivity index (χ0n) is 20.9. The lowest BCUT2D eigenvalue weighted by Gasteiger charge is -2.33. The smallest absolute Gasteiger partial charge is 0.356 e. The number of halogens is 3. The van der Waals surface area contributed by atoms with Crippen LogP contribution < -0.4 is 27.2 Å². The molecule has 3 aromatic heterocycles. The number of hydrogen-bond acceptors (Lipinski definition) is 7. The molecule has 4 heterocycles. The molecule has 0 bridgehead atoms. The summed E-state index contributed by atoms with van der Waals surface area (Å²) < 4.78 is 42.4. The fourth-order valence-corrected chi connectivity index (χ4v) is 4.90. The van der Waals surface area contributed by atoms with Crippen LogP contribution in [0.5, 0.6) is 0 Å². The van der Waals surface area contributed by atoms with Crippen LogP contribution in [0.3, 0.4) is 0 Å². The number of nitriles is 1. The number of rotatable bonds is 6. The number of nitrogens with one attached hydrogen (secondary N) is 1. The molecule has 0 spiro atoms. The lowest BCUT2D eigenvalue weighted by atomic mass is 10.1. The molecule has 202 valence electrons. The van der Waals surface area contributed by atoms with Gasteiger partial charge in [0.1, 0.15) is 29.5 Å². The molecule has 1 atom stereocenters. The molecule has 4 rings (SSSR count). The molecule has 3 aromatic rings. The molecular formula is C24H27F3N8O3. The maximum Gasteiger partial charge on any atom is 0.405 e. The quantitative estimate of drug-likeness (QED) is 0.483. The molecule has 0 radical (unpaired) electrons. The molecule has 0 unspecified atom stereocenters. The molecule has 3 N–H and O–H groups in total. The van der Waals surface area contributed by atoms with E-state index < -0.39 is 29.9 Å². The van der Waals surface area contributed by atoms with E-state index in [-0.39, 0.29) is 52.8 Å².